The fourth-order valence-corrected chi connectivity index (χ4v) is 1.21. The molecule has 1 aromatic carbocycles. The van der Waals surface area contributed by atoms with Crippen molar-refractivity contribution in [1.82, 2.24) is 0 Å². The van der Waals surface area contributed by atoms with Crippen LogP contribution in [0.5, 0.6) is 5.75 Å². The SMILES string of the molecule is COc1ccc(N)cc1C(=O)OCCC(N)=O. The molecule has 0 aliphatic carbocycles. The third-order valence-electron chi connectivity index (χ3n) is 2.03. The highest BCUT2D eigenvalue weighted by Crippen LogP contribution is 2.21. The van der Waals surface area contributed by atoms with E-state index < -0.39 is 11.9 Å². The molecule has 0 aromatic heterocycles. The summed E-state index contributed by atoms with van der Waals surface area (Å²) in [5.74, 6) is -0.768. The monoisotopic (exact) mass is 238 g/mol. The van der Waals surface area contributed by atoms with Gasteiger partial charge in [-0.3, -0.25) is 4.79 Å². The highest BCUT2D eigenvalue weighted by molar-refractivity contribution is 5.93. The highest BCUT2D eigenvalue weighted by Gasteiger charge is 2.14. The number of primary amides is 1. The topological polar surface area (TPSA) is 105 Å². The summed E-state index contributed by atoms with van der Waals surface area (Å²) in [6.45, 7) is -0.0634. The second-order valence-electron chi connectivity index (χ2n) is 3.31. The molecule has 0 aliphatic heterocycles. The van der Waals surface area contributed by atoms with Crippen molar-refractivity contribution in [3.8, 4) is 5.75 Å². The largest absolute Gasteiger partial charge is 0.496 e. The summed E-state index contributed by atoms with van der Waals surface area (Å²) < 4.78 is 9.86. The number of hydrogen-bond donors (Lipinski definition) is 2. The molecule has 1 rings (SSSR count). The van der Waals surface area contributed by atoms with Crippen LogP contribution in [-0.2, 0) is 9.53 Å². The van der Waals surface area contributed by atoms with Crippen molar-refractivity contribution in [2.75, 3.05) is 19.5 Å². The van der Waals surface area contributed by atoms with Gasteiger partial charge in [-0.25, -0.2) is 4.79 Å². The molecule has 0 fully saturated rings. The minimum absolute atomic E-state index is 0.0175. The Morgan fingerprint density at radius 2 is 2.06 bits per heavy atom. The molecule has 0 unspecified atom stereocenters. The maximum Gasteiger partial charge on any atom is 0.342 e. The zero-order valence-electron chi connectivity index (χ0n) is 9.43. The van der Waals surface area contributed by atoms with Crippen molar-refractivity contribution in [3.63, 3.8) is 0 Å². The molecule has 6 heteroatoms. The summed E-state index contributed by atoms with van der Waals surface area (Å²) in [5, 5.41) is 0. The number of methoxy groups -OCH3 is 1. The number of nitrogens with two attached hydrogens (primary N) is 2. The number of benzene rings is 1. The van der Waals surface area contributed by atoms with Crippen molar-refractivity contribution < 1.29 is 19.1 Å². The van der Waals surface area contributed by atoms with E-state index in [-0.39, 0.29) is 18.6 Å². The van der Waals surface area contributed by atoms with E-state index in [0.29, 0.717) is 11.4 Å². The van der Waals surface area contributed by atoms with Gasteiger partial charge in [0.1, 0.15) is 17.9 Å². The first-order valence-corrected chi connectivity index (χ1v) is 4.93. The van der Waals surface area contributed by atoms with E-state index in [2.05, 4.69) is 0 Å². The van der Waals surface area contributed by atoms with Crippen LogP contribution < -0.4 is 16.2 Å². The first-order chi connectivity index (χ1) is 8.04. The van der Waals surface area contributed by atoms with Crippen LogP contribution >= 0.6 is 0 Å². The third kappa shape index (κ3) is 3.67. The Bertz CT molecular complexity index is 431. The highest BCUT2D eigenvalue weighted by atomic mass is 16.5. The van der Waals surface area contributed by atoms with Crippen LogP contribution in [0, 0.1) is 0 Å². The predicted molar refractivity (Wildman–Crippen MR) is 61.5 cm³/mol. The molecule has 0 spiro atoms. The Labute approximate surface area is 98.5 Å². The smallest absolute Gasteiger partial charge is 0.342 e. The van der Waals surface area contributed by atoms with Crippen molar-refractivity contribution >= 4 is 17.6 Å². The molecule has 0 aliphatic rings. The van der Waals surface area contributed by atoms with E-state index in [1.165, 1.54) is 13.2 Å². The van der Waals surface area contributed by atoms with Crippen LogP contribution in [0.3, 0.4) is 0 Å². The van der Waals surface area contributed by atoms with Gasteiger partial charge < -0.3 is 20.9 Å². The van der Waals surface area contributed by atoms with E-state index in [9.17, 15) is 9.59 Å². The minimum atomic E-state index is -0.601. The van der Waals surface area contributed by atoms with Gasteiger partial charge in [-0.2, -0.15) is 0 Å². The molecule has 17 heavy (non-hydrogen) atoms. The maximum absolute atomic E-state index is 11.6. The number of nitrogen functional groups attached to an aromatic ring is 1. The van der Waals surface area contributed by atoms with Gasteiger partial charge in [-0.05, 0) is 18.2 Å². The molecule has 0 saturated heterocycles. The number of hydrogen-bond acceptors (Lipinski definition) is 5. The molecule has 1 aromatic rings. The van der Waals surface area contributed by atoms with Gasteiger partial charge in [0, 0.05) is 5.69 Å². The number of esters is 1. The molecule has 0 heterocycles. The lowest BCUT2D eigenvalue weighted by molar-refractivity contribution is -0.118. The molecule has 0 radical (unpaired) electrons. The number of amides is 1. The normalized spacial score (nSPS) is 9.71. The Kier molecular flexibility index (Phi) is 4.33. The van der Waals surface area contributed by atoms with Crippen molar-refractivity contribution in [1.29, 1.82) is 0 Å². The molecule has 0 atom stereocenters. The summed E-state index contributed by atoms with van der Waals surface area (Å²) in [4.78, 5) is 22.1. The van der Waals surface area contributed by atoms with Gasteiger partial charge in [-0.1, -0.05) is 0 Å². The number of carbonyl (C=O) groups excluding carboxylic acids is 2. The van der Waals surface area contributed by atoms with E-state index in [1.807, 2.05) is 0 Å². The van der Waals surface area contributed by atoms with Crippen molar-refractivity contribution in [3.05, 3.63) is 23.8 Å². The molecule has 0 saturated carbocycles. The van der Waals surface area contributed by atoms with Gasteiger partial charge in [0.2, 0.25) is 5.91 Å². The lowest BCUT2D eigenvalue weighted by atomic mass is 10.2. The fourth-order valence-electron chi connectivity index (χ4n) is 1.21. The van der Waals surface area contributed by atoms with E-state index in [0.717, 1.165) is 0 Å². The molecule has 0 bridgehead atoms. The first-order valence-electron chi connectivity index (χ1n) is 4.93. The van der Waals surface area contributed by atoms with Crippen LogP contribution in [0.15, 0.2) is 18.2 Å². The molecule has 4 N–H and O–H groups in total. The fraction of sp³-hybridized carbons (Fsp3) is 0.273. The number of rotatable bonds is 5. The lowest BCUT2D eigenvalue weighted by Crippen LogP contribution is -2.16. The summed E-state index contributed by atoms with van der Waals surface area (Å²) in [7, 11) is 1.44. The second-order valence-corrected chi connectivity index (χ2v) is 3.31. The Balaban J connectivity index is 2.73. The summed E-state index contributed by atoms with van der Waals surface area (Å²) in [6, 6.07) is 4.63. The lowest BCUT2D eigenvalue weighted by Gasteiger charge is -2.08. The molecule has 92 valence electrons. The van der Waals surface area contributed by atoms with Gasteiger partial charge in [-0.15, -0.1) is 0 Å². The third-order valence-corrected chi connectivity index (χ3v) is 2.03. The van der Waals surface area contributed by atoms with Gasteiger partial charge >= 0.3 is 5.97 Å². The van der Waals surface area contributed by atoms with Crippen molar-refractivity contribution in [2.45, 2.75) is 6.42 Å². The summed E-state index contributed by atoms with van der Waals surface area (Å²) in [6.07, 6.45) is -0.0175. The zero-order valence-corrected chi connectivity index (χ0v) is 9.43. The van der Waals surface area contributed by atoms with Crippen LogP contribution in [-0.4, -0.2) is 25.6 Å². The Morgan fingerprint density at radius 3 is 2.65 bits per heavy atom. The summed E-state index contributed by atoms with van der Waals surface area (Å²) in [5.41, 5.74) is 11.1. The van der Waals surface area contributed by atoms with Crippen LogP contribution in [0.2, 0.25) is 0 Å². The molecule has 1 amide bonds. The standard InChI is InChI=1S/C11H14N2O4/c1-16-9-3-2-7(12)6-8(9)11(15)17-5-4-10(13)14/h2-3,6H,4-5,12H2,1H3,(H2,13,14). The zero-order chi connectivity index (χ0) is 12.8. The predicted octanol–water partition coefficient (Wildman–Crippen LogP) is 0.310. The van der Waals surface area contributed by atoms with Crippen LogP contribution in [0.25, 0.3) is 0 Å². The Morgan fingerprint density at radius 1 is 1.35 bits per heavy atom. The van der Waals surface area contributed by atoms with E-state index in [4.69, 9.17) is 20.9 Å². The minimum Gasteiger partial charge on any atom is -0.496 e. The number of ether oxygens (including phenoxy) is 2. The number of carbonyl (C=O) groups is 2. The molecular formula is C11H14N2O4. The van der Waals surface area contributed by atoms with E-state index in [1.54, 1.807) is 12.1 Å². The average Bonchev–Trinajstić information content (AvgIpc) is 2.28. The number of anilines is 1. The van der Waals surface area contributed by atoms with Crippen molar-refractivity contribution in [2.24, 2.45) is 5.73 Å². The van der Waals surface area contributed by atoms with E-state index >= 15 is 0 Å². The van der Waals surface area contributed by atoms with Gasteiger partial charge in [0.15, 0.2) is 0 Å². The molecular weight excluding hydrogens is 224 g/mol. The maximum atomic E-state index is 11.6. The van der Waals surface area contributed by atoms with Gasteiger partial charge in [0.25, 0.3) is 0 Å². The van der Waals surface area contributed by atoms with Crippen LogP contribution in [0.4, 0.5) is 5.69 Å². The molecule has 6 nitrogen and oxygen atoms in total. The first kappa shape index (κ1) is 12.8. The quantitative estimate of drug-likeness (QED) is 0.567. The second kappa shape index (κ2) is 5.74. The van der Waals surface area contributed by atoms with Crippen LogP contribution in [0.1, 0.15) is 16.8 Å². The average molecular weight is 238 g/mol. The van der Waals surface area contributed by atoms with Gasteiger partial charge in [0.05, 0.1) is 13.5 Å². The Hall–Kier alpha value is -2.24. The summed E-state index contributed by atoms with van der Waals surface area (Å²) >= 11 is 0.